The molecule has 0 fully saturated rings. The van der Waals surface area contributed by atoms with Crippen LogP contribution >= 0.6 is 0 Å². The summed E-state index contributed by atoms with van der Waals surface area (Å²) in [6, 6.07) is 1.57. The molecule has 1 rings (SSSR count). The fourth-order valence-corrected chi connectivity index (χ4v) is 2.93. The highest BCUT2D eigenvalue weighted by atomic mass is 16.5. The van der Waals surface area contributed by atoms with Crippen molar-refractivity contribution in [3.8, 4) is 0 Å². The molecule has 0 aliphatic carbocycles. The van der Waals surface area contributed by atoms with Crippen molar-refractivity contribution >= 4 is 17.8 Å². The zero-order chi connectivity index (χ0) is 19.0. The van der Waals surface area contributed by atoms with Gasteiger partial charge in [0.05, 0.1) is 0 Å². The Bertz CT molecular complexity index is 620. The minimum atomic E-state index is -0.547. The Hall–Kier alpha value is -2.31. The van der Waals surface area contributed by atoms with Crippen LogP contribution in [0.4, 0.5) is 4.79 Å². The Morgan fingerprint density at radius 3 is 2.44 bits per heavy atom. The van der Waals surface area contributed by atoms with Crippen molar-refractivity contribution in [2.24, 2.45) is 5.73 Å². The highest BCUT2D eigenvalue weighted by molar-refractivity contribution is 5.99. The van der Waals surface area contributed by atoms with Crippen LogP contribution in [-0.2, 0) is 9.53 Å². The van der Waals surface area contributed by atoms with E-state index in [0.29, 0.717) is 18.5 Å². The lowest BCUT2D eigenvalue weighted by Gasteiger charge is -2.13. The number of carbonyl (C=O) groups excluding carboxylic acids is 3. The minimum absolute atomic E-state index is 0.181. The van der Waals surface area contributed by atoms with Crippen molar-refractivity contribution in [3.63, 3.8) is 0 Å². The Morgan fingerprint density at radius 1 is 1.20 bits per heavy atom. The average molecular weight is 351 g/mol. The Balaban J connectivity index is 2.35. The van der Waals surface area contributed by atoms with Crippen molar-refractivity contribution in [1.29, 1.82) is 0 Å². The van der Waals surface area contributed by atoms with E-state index in [4.69, 9.17) is 10.5 Å². The number of nitrogens with zero attached hydrogens (tertiary/aromatic N) is 1. The molecule has 1 aromatic rings. The average Bonchev–Trinajstić information content (AvgIpc) is 2.82. The van der Waals surface area contributed by atoms with Gasteiger partial charge in [0.15, 0.2) is 6.61 Å². The van der Waals surface area contributed by atoms with Gasteiger partial charge in [0.25, 0.3) is 0 Å². The van der Waals surface area contributed by atoms with E-state index in [-0.39, 0.29) is 30.8 Å². The van der Waals surface area contributed by atoms with Crippen LogP contribution in [0.3, 0.4) is 0 Å². The number of esters is 1. The Kier molecular flexibility index (Phi) is 8.18. The summed E-state index contributed by atoms with van der Waals surface area (Å²) in [4.78, 5) is 34.5. The van der Waals surface area contributed by atoms with Gasteiger partial charge in [0.2, 0.25) is 5.78 Å². The maximum atomic E-state index is 12.3. The second-order valence-corrected chi connectivity index (χ2v) is 6.43. The van der Waals surface area contributed by atoms with Gasteiger partial charge in [-0.25, -0.2) is 4.79 Å². The monoisotopic (exact) mass is 351 g/mol. The highest BCUT2D eigenvalue weighted by Crippen LogP contribution is 2.20. The SMILES string of the molecule is Cc1cc(C(=O)COC(=O)CCCCCNC(N)=O)c(C)n1C(C)C. The first kappa shape index (κ1) is 20.7. The van der Waals surface area contributed by atoms with Gasteiger partial charge in [-0.3, -0.25) is 9.59 Å². The van der Waals surface area contributed by atoms with E-state index >= 15 is 0 Å². The van der Waals surface area contributed by atoms with Gasteiger partial charge < -0.3 is 20.4 Å². The predicted molar refractivity (Wildman–Crippen MR) is 95.6 cm³/mol. The zero-order valence-corrected chi connectivity index (χ0v) is 15.6. The maximum absolute atomic E-state index is 12.3. The van der Waals surface area contributed by atoms with E-state index in [0.717, 1.165) is 24.2 Å². The zero-order valence-electron chi connectivity index (χ0n) is 15.6. The van der Waals surface area contributed by atoms with Crippen molar-refractivity contribution in [2.75, 3.05) is 13.2 Å². The minimum Gasteiger partial charge on any atom is -0.457 e. The topological polar surface area (TPSA) is 103 Å². The molecule has 0 saturated heterocycles. The number of hydrogen-bond donors (Lipinski definition) is 2. The fourth-order valence-electron chi connectivity index (χ4n) is 2.93. The summed E-state index contributed by atoms with van der Waals surface area (Å²) in [5.41, 5.74) is 7.48. The number of aryl methyl sites for hydroxylation is 1. The molecule has 2 amide bonds. The lowest BCUT2D eigenvalue weighted by molar-refractivity contribution is -0.142. The number of ether oxygens (including phenoxy) is 1. The molecule has 7 nitrogen and oxygen atoms in total. The van der Waals surface area contributed by atoms with E-state index in [2.05, 4.69) is 23.7 Å². The third kappa shape index (κ3) is 6.60. The van der Waals surface area contributed by atoms with Crippen LogP contribution in [0.15, 0.2) is 6.07 Å². The van der Waals surface area contributed by atoms with Gasteiger partial charge >= 0.3 is 12.0 Å². The van der Waals surface area contributed by atoms with Gasteiger partial charge in [-0.05, 0) is 46.6 Å². The number of rotatable bonds is 10. The summed E-state index contributed by atoms with van der Waals surface area (Å²) < 4.78 is 7.17. The van der Waals surface area contributed by atoms with Crippen LogP contribution in [0.5, 0.6) is 0 Å². The third-order valence-electron chi connectivity index (χ3n) is 4.02. The lowest BCUT2D eigenvalue weighted by Crippen LogP contribution is -2.29. The van der Waals surface area contributed by atoms with E-state index in [1.165, 1.54) is 0 Å². The first-order chi connectivity index (χ1) is 11.7. The molecule has 0 aromatic carbocycles. The molecule has 3 N–H and O–H groups in total. The molecule has 1 heterocycles. The van der Waals surface area contributed by atoms with Gasteiger partial charge in [-0.1, -0.05) is 6.42 Å². The molecule has 0 saturated carbocycles. The molecule has 0 spiro atoms. The number of unbranched alkanes of at least 4 members (excludes halogenated alkanes) is 2. The normalized spacial score (nSPS) is 10.8. The number of amides is 2. The number of nitrogens with one attached hydrogen (secondary N) is 1. The second-order valence-electron chi connectivity index (χ2n) is 6.43. The summed E-state index contributed by atoms with van der Waals surface area (Å²) in [6.45, 7) is 8.25. The number of ketones is 1. The van der Waals surface area contributed by atoms with Crippen LogP contribution in [0.2, 0.25) is 0 Å². The summed E-state index contributed by atoms with van der Waals surface area (Å²) in [7, 11) is 0. The largest absolute Gasteiger partial charge is 0.457 e. The Morgan fingerprint density at radius 2 is 1.88 bits per heavy atom. The molecule has 1 aromatic heterocycles. The summed E-state index contributed by atoms with van der Waals surface area (Å²) in [6.07, 6.45) is 2.43. The summed E-state index contributed by atoms with van der Waals surface area (Å²) in [5, 5.41) is 2.49. The van der Waals surface area contributed by atoms with E-state index in [1.54, 1.807) is 0 Å². The van der Waals surface area contributed by atoms with Crippen LogP contribution < -0.4 is 11.1 Å². The van der Waals surface area contributed by atoms with Gasteiger partial charge in [0, 0.05) is 36.0 Å². The van der Waals surface area contributed by atoms with Crippen LogP contribution in [-0.4, -0.2) is 35.5 Å². The number of primary amides is 1. The smallest absolute Gasteiger partial charge is 0.312 e. The third-order valence-corrected chi connectivity index (χ3v) is 4.02. The molecule has 0 atom stereocenters. The van der Waals surface area contributed by atoms with E-state index in [9.17, 15) is 14.4 Å². The number of nitrogens with two attached hydrogens (primary N) is 1. The van der Waals surface area contributed by atoms with Crippen molar-refractivity contribution in [3.05, 3.63) is 23.0 Å². The quantitative estimate of drug-likeness (QED) is 0.384. The summed E-state index contributed by atoms with van der Waals surface area (Å²) >= 11 is 0. The molecule has 0 radical (unpaired) electrons. The van der Waals surface area contributed by atoms with Crippen LogP contribution in [0.25, 0.3) is 0 Å². The first-order valence-corrected chi connectivity index (χ1v) is 8.64. The first-order valence-electron chi connectivity index (χ1n) is 8.64. The molecule has 0 bridgehead atoms. The summed E-state index contributed by atoms with van der Waals surface area (Å²) in [5.74, 6) is -0.562. The molecular formula is C18H29N3O4. The van der Waals surface area contributed by atoms with Gasteiger partial charge in [0.1, 0.15) is 0 Å². The van der Waals surface area contributed by atoms with E-state index < -0.39 is 6.03 Å². The van der Waals surface area contributed by atoms with Gasteiger partial charge in [-0.2, -0.15) is 0 Å². The van der Waals surface area contributed by atoms with Crippen molar-refractivity contribution < 1.29 is 19.1 Å². The molecule has 25 heavy (non-hydrogen) atoms. The lowest BCUT2D eigenvalue weighted by atomic mass is 10.1. The standard InChI is InChI=1S/C18H29N3O4/c1-12(2)21-13(3)10-15(14(21)4)16(22)11-25-17(23)8-6-5-7-9-20-18(19)24/h10,12H,5-9,11H2,1-4H3,(H3,19,20,24). The predicted octanol–water partition coefficient (Wildman–Crippen LogP) is 2.64. The maximum Gasteiger partial charge on any atom is 0.312 e. The number of carbonyl (C=O) groups is 3. The molecule has 7 heteroatoms. The fraction of sp³-hybridized carbons (Fsp3) is 0.611. The Labute approximate surface area is 148 Å². The van der Waals surface area contributed by atoms with Crippen molar-refractivity contribution in [1.82, 2.24) is 9.88 Å². The number of hydrogen-bond acceptors (Lipinski definition) is 4. The second kappa shape index (κ2) is 9.86. The highest BCUT2D eigenvalue weighted by Gasteiger charge is 2.18. The molecular weight excluding hydrogens is 322 g/mol. The molecule has 0 aliphatic rings. The van der Waals surface area contributed by atoms with Crippen molar-refractivity contribution in [2.45, 2.75) is 59.4 Å². The molecule has 0 aliphatic heterocycles. The number of urea groups is 1. The number of Topliss-reactive ketones (excluding diaryl/α,β-unsaturated/α-hetero) is 1. The van der Waals surface area contributed by atoms with E-state index in [1.807, 2.05) is 19.9 Å². The van der Waals surface area contributed by atoms with Gasteiger partial charge in [-0.15, -0.1) is 0 Å². The van der Waals surface area contributed by atoms with Crippen LogP contribution in [0, 0.1) is 13.8 Å². The molecule has 0 unspecified atom stereocenters. The van der Waals surface area contributed by atoms with Crippen LogP contribution in [0.1, 0.15) is 67.3 Å². The number of aromatic nitrogens is 1. The molecule has 140 valence electrons.